The smallest absolute Gasteiger partial charge is 0.349 e. The first-order chi connectivity index (χ1) is 20.3. The number of rotatable bonds is 9. The molecule has 0 saturated heterocycles. The molecule has 3 N–H and O–H groups in total. The van der Waals surface area contributed by atoms with Gasteiger partial charge in [0.1, 0.15) is 9.88 Å². The number of amides is 2. The second-order valence-electron chi connectivity index (χ2n) is 10.1. The van der Waals surface area contributed by atoms with Crippen molar-refractivity contribution < 1.29 is 23.7 Å². The summed E-state index contributed by atoms with van der Waals surface area (Å²) in [6.07, 6.45) is 4.73. The third-order valence-electron chi connectivity index (χ3n) is 7.67. The van der Waals surface area contributed by atoms with Gasteiger partial charge in [0.2, 0.25) is 5.91 Å². The Hall–Kier alpha value is -2.67. The van der Waals surface area contributed by atoms with Crippen molar-refractivity contribution in [2.24, 2.45) is 0 Å². The summed E-state index contributed by atoms with van der Waals surface area (Å²) in [5.41, 5.74) is 1.64. The van der Waals surface area contributed by atoms with Gasteiger partial charge in [-0.05, 0) is 49.1 Å². The molecule has 1 aliphatic heterocycles. The van der Waals surface area contributed by atoms with Crippen LogP contribution in [0.3, 0.4) is 0 Å². The van der Waals surface area contributed by atoms with Crippen molar-refractivity contribution in [2.75, 3.05) is 6.61 Å². The van der Waals surface area contributed by atoms with Gasteiger partial charge >= 0.3 is 5.97 Å². The number of ether oxygens (including phenoxy) is 1. The zero-order valence-corrected chi connectivity index (χ0v) is 25.9. The number of nitrogens with one attached hydrogen (secondary N) is 2. The van der Waals surface area contributed by atoms with Crippen molar-refractivity contribution in [1.29, 1.82) is 0 Å². The summed E-state index contributed by atoms with van der Waals surface area (Å²) in [5, 5.41) is 4.32. The van der Waals surface area contributed by atoms with Crippen molar-refractivity contribution in [2.45, 2.75) is 63.2 Å². The summed E-state index contributed by atoms with van der Waals surface area (Å²) in [5.74, 6) is -1.80. The molecule has 1 aliphatic carbocycles. The van der Waals surface area contributed by atoms with E-state index in [2.05, 4.69) is 15.0 Å². The minimum atomic E-state index is -0.813. The Bertz CT molecular complexity index is 1470. The number of hydrogen-bond donors (Lipinski definition) is 3. The number of benzene rings is 2. The van der Waals surface area contributed by atoms with Gasteiger partial charge in [-0.25, -0.2) is 14.5 Å². The maximum absolute atomic E-state index is 14.3. The molecule has 1 saturated carbocycles. The average Bonchev–Trinajstić information content (AvgIpc) is 3.46. The second kappa shape index (κ2) is 13.7. The lowest BCUT2D eigenvalue weighted by Gasteiger charge is -2.49. The summed E-state index contributed by atoms with van der Waals surface area (Å²) in [7, 11) is 0. The highest BCUT2D eigenvalue weighted by atomic mass is 35.5. The van der Waals surface area contributed by atoms with Crippen LogP contribution in [0.2, 0.25) is 10.0 Å². The summed E-state index contributed by atoms with van der Waals surface area (Å²) < 4.78 is 17.8. The molecular weight excluding hydrogens is 619 g/mol. The van der Waals surface area contributed by atoms with E-state index in [9.17, 15) is 18.9 Å². The molecule has 2 amide bonds. The Balaban J connectivity index is 1.56. The first-order valence-corrected chi connectivity index (χ1v) is 16.0. The zero-order valence-electron chi connectivity index (χ0n) is 22.7. The minimum Gasteiger partial charge on any atom is -0.462 e. The van der Waals surface area contributed by atoms with Crippen LogP contribution in [0.25, 0.3) is 0 Å². The molecule has 2 heterocycles. The molecule has 9 nitrogen and oxygen atoms in total. The monoisotopic (exact) mass is 648 g/mol. The molecule has 13 heteroatoms. The van der Waals surface area contributed by atoms with E-state index in [4.69, 9.17) is 27.9 Å². The first-order valence-electron chi connectivity index (χ1n) is 13.7. The maximum Gasteiger partial charge on any atom is 0.349 e. The number of carbonyl (C=O) groups is 3. The number of esters is 1. The molecule has 1 aromatic heterocycles. The Labute approximate surface area is 262 Å². The fourth-order valence-corrected chi connectivity index (χ4v) is 7.56. The summed E-state index contributed by atoms with van der Waals surface area (Å²) in [6, 6.07) is 11.0. The molecular formula is C29H30Cl2N4O5S2. The normalized spacial score (nSPS) is 22.0. The molecule has 0 spiro atoms. The molecule has 1 unspecified atom stereocenters. The number of carbonyl (C=O) groups excluding carboxylic acids is 3. The van der Waals surface area contributed by atoms with Gasteiger partial charge in [0, 0.05) is 27.7 Å². The molecule has 0 radical (unpaired) electrons. The van der Waals surface area contributed by atoms with Gasteiger partial charge < -0.3 is 19.5 Å². The van der Waals surface area contributed by atoms with Crippen molar-refractivity contribution in [3.63, 3.8) is 0 Å². The molecule has 2 aliphatic rings. The van der Waals surface area contributed by atoms with Crippen LogP contribution in [0.5, 0.6) is 0 Å². The van der Waals surface area contributed by atoms with Gasteiger partial charge in [-0.3, -0.25) is 9.59 Å². The Morgan fingerprint density at radius 3 is 2.71 bits per heavy atom. The zero-order chi connectivity index (χ0) is 29.8. The van der Waals surface area contributed by atoms with Crippen molar-refractivity contribution in [3.05, 3.63) is 85.3 Å². The topological polar surface area (TPSA) is 121 Å². The summed E-state index contributed by atoms with van der Waals surface area (Å²) in [4.78, 5) is 47.0. The summed E-state index contributed by atoms with van der Waals surface area (Å²) in [6.45, 7) is 2.07. The van der Waals surface area contributed by atoms with Crippen molar-refractivity contribution in [1.82, 2.24) is 19.9 Å². The van der Waals surface area contributed by atoms with Crippen LogP contribution in [-0.4, -0.2) is 50.9 Å². The largest absolute Gasteiger partial charge is 0.462 e. The maximum atomic E-state index is 14.3. The highest BCUT2D eigenvalue weighted by Crippen LogP contribution is 2.48. The van der Waals surface area contributed by atoms with E-state index in [1.54, 1.807) is 48.2 Å². The fraction of sp³-hybridized carbons (Fsp3) is 0.379. The number of thiazole rings is 1. The molecule has 4 atom stereocenters. The number of aromatic nitrogens is 1. The molecule has 2 aromatic carbocycles. The van der Waals surface area contributed by atoms with E-state index in [1.807, 2.05) is 6.07 Å². The van der Waals surface area contributed by atoms with Gasteiger partial charge in [-0.2, -0.15) is 0 Å². The molecule has 42 heavy (non-hydrogen) atoms. The molecule has 0 bridgehead atoms. The quantitative estimate of drug-likeness (QED) is 0.142. The number of fused-ring (bicyclic) bond motifs is 1. The number of nitrogens with zero attached hydrogens (tertiary/aromatic N) is 2. The van der Waals surface area contributed by atoms with Gasteiger partial charge in [0.25, 0.3) is 5.91 Å². The van der Waals surface area contributed by atoms with E-state index in [0.29, 0.717) is 55.3 Å². The fourth-order valence-electron chi connectivity index (χ4n) is 5.88. The molecule has 5 rings (SSSR count). The van der Waals surface area contributed by atoms with Crippen LogP contribution in [0.1, 0.15) is 80.7 Å². The summed E-state index contributed by atoms with van der Waals surface area (Å²) >= 11 is 14.7. The average molecular weight is 650 g/mol. The Morgan fingerprint density at radius 2 is 1.95 bits per heavy atom. The molecule has 1 fully saturated rings. The SMILES string of the molecule is CCOC(=O)c1cnc(CNC(=O)[C@@H]2c3ccccc3C(=O)N(C3CCCC[C@@H]3NSO)[C@H]2c2ccc(Cl)cc2Cl)s1. The highest BCUT2D eigenvalue weighted by Gasteiger charge is 2.49. The first kappa shape index (κ1) is 30.8. The standard InChI is InChI=1S/C29H30Cl2N4O5S2/c1-2-40-29(38)23-14-32-24(41-23)15-33-27(36)25-17-7-3-4-8-18(17)28(37)35(22-10-6-5-9-21(22)34-42-39)26(25)19-12-11-16(30)13-20(19)31/h3-4,7-8,11-14,21-22,25-26,34,39H,2,5-6,9-10,15H2,1H3,(H,33,36)/t21-,22?,25+,26-/m0/s1. The Morgan fingerprint density at radius 1 is 1.17 bits per heavy atom. The molecule has 222 valence electrons. The Kier molecular flexibility index (Phi) is 10.1. The van der Waals surface area contributed by atoms with Crippen molar-refractivity contribution in [3.8, 4) is 0 Å². The van der Waals surface area contributed by atoms with E-state index < -0.39 is 17.9 Å². The third-order valence-corrected chi connectivity index (χ3v) is 9.62. The van der Waals surface area contributed by atoms with Crippen LogP contribution in [0.4, 0.5) is 0 Å². The van der Waals surface area contributed by atoms with E-state index in [-0.39, 0.29) is 37.0 Å². The second-order valence-corrected chi connectivity index (χ2v) is 12.5. The van der Waals surface area contributed by atoms with Crippen LogP contribution < -0.4 is 10.0 Å². The lowest BCUT2D eigenvalue weighted by atomic mass is 9.76. The highest BCUT2D eigenvalue weighted by molar-refractivity contribution is 7.91. The van der Waals surface area contributed by atoms with Crippen molar-refractivity contribution >= 4 is 64.6 Å². The number of hydrogen-bond acceptors (Lipinski definition) is 9. The van der Waals surface area contributed by atoms with Gasteiger partial charge in [0.05, 0.1) is 43.5 Å². The molecule has 3 aromatic rings. The predicted molar refractivity (Wildman–Crippen MR) is 164 cm³/mol. The van der Waals surface area contributed by atoms with Crippen LogP contribution >= 0.6 is 46.8 Å². The van der Waals surface area contributed by atoms with Gasteiger partial charge in [-0.1, -0.05) is 60.3 Å². The predicted octanol–water partition coefficient (Wildman–Crippen LogP) is 6.25. The lowest BCUT2D eigenvalue weighted by molar-refractivity contribution is -0.124. The van der Waals surface area contributed by atoms with E-state index in [1.165, 1.54) is 6.20 Å². The van der Waals surface area contributed by atoms with E-state index in [0.717, 1.165) is 30.6 Å². The van der Waals surface area contributed by atoms with E-state index >= 15 is 0 Å². The lowest BCUT2D eigenvalue weighted by Crippen LogP contribution is -2.57. The van der Waals surface area contributed by atoms with Crippen LogP contribution in [0, 0.1) is 0 Å². The van der Waals surface area contributed by atoms with Crippen LogP contribution in [0.15, 0.2) is 48.7 Å². The number of halogens is 2. The van der Waals surface area contributed by atoms with Gasteiger partial charge in [-0.15, -0.1) is 11.3 Å². The minimum absolute atomic E-state index is 0.0886. The van der Waals surface area contributed by atoms with Crippen LogP contribution in [-0.2, 0) is 16.1 Å². The third kappa shape index (κ3) is 6.31. The van der Waals surface area contributed by atoms with Gasteiger partial charge in [0.15, 0.2) is 0 Å².